The molecular formula is C18H27FN2O. The van der Waals surface area contributed by atoms with Gasteiger partial charge in [0.25, 0.3) is 0 Å². The van der Waals surface area contributed by atoms with Crippen molar-refractivity contribution in [3.8, 4) is 0 Å². The largest absolute Gasteiger partial charge is 0.355 e. The Morgan fingerprint density at radius 2 is 2.05 bits per heavy atom. The minimum absolute atomic E-state index is 0.0797. The average molecular weight is 306 g/mol. The van der Waals surface area contributed by atoms with Gasteiger partial charge in [-0.3, -0.25) is 4.79 Å². The number of carbonyl (C=O) groups excluding carboxylic acids is 1. The van der Waals surface area contributed by atoms with Crippen LogP contribution in [-0.2, 0) is 11.2 Å². The second kappa shape index (κ2) is 7.73. The molecule has 1 unspecified atom stereocenters. The molecule has 4 heteroatoms. The molecule has 122 valence electrons. The minimum Gasteiger partial charge on any atom is -0.355 e. The molecule has 1 aromatic carbocycles. The van der Waals surface area contributed by atoms with Crippen LogP contribution in [0.15, 0.2) is 24.3 Å². The van der Waals surface area contributed by atoms with Crippen LogP contribution in [0.25, 0.3) is 0 Å². The Kier molecular flexibility index (Phi) is 5.95. The lowest BCUT2D eigenvalue weighted by Crippen LogP contribution is -2.44. The molecule has 1 aliphatic heterocycles. The van der Waals surface area contributed by atoms with E-state index in [1.165, 1.54) is 6.07 Å². The van der Waals surface area contributed by atoms with E-state index >= 15 is 0 Å². The molecule has 1 aromatic rings. The van der Waals surface area contributed by atoms with Crippen molar-refractivity contribution in [2.24, 2.45) is 11.3 Å². The summed E-state index contributed by atoms with van der Waals surface area (Å²) in [5, 5.41) is 6.43. The van der Waals surface area contributed by atoms with Crippen molar-refractivity contribution in [1.29, 1.82) is 0 Å². The maximum atomic E-state index is 13.6. The van der Waals surface area contributed by atoms with E-state index in [0.717, 1.165) is 32.5 Å². The SMILES string of the molecule is CC(CCc1ccccc1F)C(=O)NCC1(C)CCNCC1. The molecule has 1 heterocycles. The summed E-state index contributed by atoms with van der Waals surface area (Å²) in [6, 6.07) is 6.78. The van der Waals surface area contributed by atoms with E-state index in [1.807, 2.05) is 13.0 Å². The Morgan fingerprint density at radius 1 is 1.36 bits per heavy atom. The van der Waals surface area contributed by atoms with E-state index in [-0.39, 0.29) is 23.1 Å². The number of hydrogen-bond acceptors (Lipinski definition) is 2. The number of hydrogen-bond donors (Lipinski definition) is 2. The summed E-state index contributed by atoms with van der Waals surface area (Å²) in [4.78, 5) is 12.2. The van der Waals surface area contributed by atoms with Gasteiger partial charge in [-0.1, -0.05) is 32.0 Å². The molecule has 0 aliphatic carbocycles. The topological polar surface area (TPSA) is 41.1 Å². The third-order valence-electron chi connectivity index (χ3n) is 4.75. The van der Waals surface area contributed by atoms with Gasteiger partial charge >= 0.3 is 0 Å². The summed E-state index contributed by atoms with van der Waals surface area (Å²) >= 11 is 0. The van der Waals surface area contributed by atoms with Crippen molar-refractivity contribution in [3.05, 3.63) is 35.6 Å². The van der Waals surface area contributed by atoms with Crippen molar-refractivity contribution >= 4 is 5.91 Å². The molecule has 0 aromatic heterocycles. The van der Waals surface area contributed by atoms with E-state index in [4.69, 9.17) is 0 Å². The zero-order valence-electron chi connectivity index (χ0n) is 13.6. The van der Waals surface area contributed by atoms with Crippen LogP contribution in [0.5, 0.6) is 0 Å². The van der Waals surface area contributed by atoms with E-state index < -0.39 is 0 Å². The molecule has 1 atom stereocenters. The molecule has 0 spiro atoms. The van der Waals surface area contributed by atoms with Gasteiger partial charge in [0.1, 0.15) is 5.82 Å². The summed E-state index contributed by atoms with van der Waals surface area (Å²) in [5.74, 6) is -0.196. The zero-order chi connectivity index (χ0) is 16.0. The Hall–Kier alpha value is -1.42. The first kappa shape index (κ1) is 16.9. The summed E-state index contributed by atoms with van der Waals surface area (Å²) in [6.45, 7) is 6.93. The first-order valence-corrected chi connectivity index (χ1v) is 8.22. The molecule has 22 heavy (non-hydrogen) atoms. The Bertz CT molecular complexity index is 498. The van der Waals surface area contributed by atoms with E-state index in [0.29, 0.717) is 18.4 Å². The lowest BCUT2D eigenvalue weighted by Gasteiger charge is -2.34. The van der Waals surface area contributed by atoms with Crippen LogP contribution in [-0.4, -0.2) is 25.5 Å². The highest BCUT2D eigenvalue weighted by molar-refractivity contribution is 5.78. The Morgan fingerprint density at radius 3 is 2.73 bits per heavy atom. The zero-order valence-corrected chi connectivity index (χ0v) is 13.6. The summed E-state index contributed by atoms with van der Waals surface area (Å²) < 4.78 is 13.6. The molecular weight excluding hydrogens is 279 g/mol. The van der Waals surface area contributed by atoms with Gasteiger partial charge in [0.2, 0.25) is 5.91 Å². The Balaban J connectivity index is 1.76. The van der Waals surface area contributed by atoms with Crippen molar-refractivity contribution in [2.45, 2.75) is 39.5 Å². The first-order chi connectivity index (χ1) is 10.5. The number of benzene rings is 1. The van der Waals surface area contributed by atoms with Crippen LogP contribution < -0.4 is 10.6 Å². The fourth-order valence-corrected chi connectivity index (χ4v) is 2.89. The van der Waals surface area contributed by atoms with Gasteiger partial charge in [-0.15, -0.1) is 0 Å². The number of carbonyl (C=O) groups is 1. The highest BCUT2D eigenvalue weighted by atomic mass is 19.1. The van der Waals surface area contributed by atoms with E-state index in [1.54, 1.807) is 12.1 Å². The second-order valence-electron chi connectivity index (χ2n) is 6.81. The van der Waals surface area contributed by atoms with Gasteiger partial charge in [0.05, 0.1) is 0 Å². The fourth-order valence-electron chi connectivity index (χ4n) is 2.89. The number of nitrogens with one attached hydrogen (secondary N) is 2. The van der Waals surface area contributed by atoms with Crippen LogP contribution >= 0.6 is 0 Å². The van der Waals surface area contributed by atoms with Gasteiger partial charge in [-0.25, -0.2) is 4.39 Å². The maximum Gasteiger partial charge on any atom is 0.222 e. The highest BCUT2D eigenvalue weighted by Crippen LogP contribution is 2.26. The van der Waals surface area contributed by atoms with Crippen LogP contribution in [0, 0.1) is 17.2 Å². The summed E-state index contributed by atoms with van der Waals surface area (Å²) in [7, 11) is 0. The van der Waals surface area contributed by atoms with Crippen molar-refractivity contribution in [1.82, 2.24) is 10.6 Å². The van der Waals surface area contributed by atoms with Crippen LogP contribution in [0.4, 0.5) is 4.39 Å². The molecule has 2 N–H and O–H groups in total. The molecule has 1 aliphatic rings. The van der Waals surface area contributed by atoms with Crippen molar-refractivity contribution in [2.75, 3.05) is 19.6 Å². The normalized spacial score (nSPS) is 18.7. The number of aryl methyl sites for hydroxylation is 1. The van der Waals surface area contributed by atoms with Gasteiger partial charge in [-0.2, -0.15) is 0 Å². The van der Waals surface area contributed by atoms with Crippen LogP contribution in [0.1, 0.15) is 38.7 Å². The number of halogens is 1. The molecule has 3 nitrogen and oxygen atoms in total. The van der Waals surface area contributed by atoms with Gasteiger partial charge < -0.3 is 10.6 Å². The highest BCUT2D eigenvalue weighted by Gasteiger charge is 2.27. The molecule has 0 bridgehead atoms. The summed E-state index contributed by atoms with van der Waals surface area (Å²) in [6.07, 6.45) is 3.46. The van der Waals surface area contributed by atoms with Crippen molar-refractivity contribution in [3.63, 3.8) is 0 Å². The molecule has 0 radical (unpaired) electrons. The van der Waals surface area contributed by atoms with E-state index in [9.17, 15) is 9.18 Å². The second-order valence-corrected chi connectivity index (χ2v) is 6.81. The standard InChI is InChI=1S/C18H27FN2O/c1-14(7-8-15-5-3-4-6-16(15)19)17(22)21-13-18(2)9-11-20-12-10-18/h3-6,14,20H,7-13H2,1-2H3,(H,21,22). The monoisotopic (exact) mass is 306 g/mol. The lowest BCUT2D eigenvalue weighted by atomic mass is 9.81. The number of amides is 1. The predicted molar refractivity (Wildman–Crippen MR) is 87.1 cm³/mol. The first-order valence-electron chi connectivity index (χ1n) is 8.22. The van der Waals surface area contributed by atoms with Gasteiger partial charge in [0.15, 0.2) is 0 Å². The number of rotatable bonds is 6. The maximum absolute atomic E-state index is 13.6. The molecule has 0 saturated carbocycles. The third-order valence-corrected chi connectivity index (χ3v) is 4.75. The molecule has 1 fully saturated rings. The average Bonchev–Trinajstić information content (AvgIpc) is 2.52. The lowest BCUT2D eigenvalue weighted by molar-refractivity contribution is -0.125. The van der Waals surface area contributed by atoms with E-state index in [2.05, 4.69) is 17.6 Å². The van der Waals surface area contributed by atoms with Crippen molar-refractivity contribution < 1.29 is 9.18 Å². The minimum atomic E-state index is -0.183. The smallest absolute Gasteiger partial charge is 0.222 e. The molecule has 1 saturated heterocycles. The molecule has 1 amide bonds. The predicted octanol–water partition coefficient (Wildman–Crippen LogP) is 2.90. The number of piperidine rings is 1. The fraction of sp³-hybridized carbons (Fsp3) is 0.611. The van der Waals surface area contributed by atoms with Gasteiger partial charge in [0, 0.05) is 12.5 Å². The third kappa shape index (κ3) is 4.80. The summed E-state index contributed by atoms with van der Waals surface area (Å²) in [5.41, 5.74) is 0.888. The van der Waals surface area contributed by atoms with Crippen LogP contribution in [0.3, 0.4) is 0 Å². The Labute approximate surface area is 132 Å². The quantitative estimate of drug-likeness (QED) is 0.848. The van der Waals surface area contributed by atoms with Gasteiger partial charge in [-0.05, 0) is 55.8 Å². The molecule has 2 rings (SSSR count). The van der Waals surface area contributed by atoms with Crippen LogP contribution in [0.2, 0.25) is 0 Å².